The van der Waals surface area contributed by atoms with E-state index in [-0.39, 0.29) is 11.8 Å². The fourth-order valence-corrected chi connectivity index (χ4v) is 4.49. The predicted molar refractivity (Wildman–Crippen MR) is 110 cm³/mol. The van der Waals surface area contributed by atoms with Gasteiger partial charge in [0, 0.05) is 32.7 Å². The first-order valence-corrected chi connectivity index (χ1v) is 10.4. The van der Waals surface area contributed by atoms with Crippen molar-refractivity contribution in [2.24, 2.45) is 0 Å². The van der Waals surface area contributed by atoms with Gasteiger partial charge >= 0.3 is 0 Å². The van der Waals surface area contributed by atoms with E-state index in [0.29, 0.717) is 47.0 Å². The highest BCUT2D eigenvalue weighted by molar-refractivity contribution is 7.20. The number of halogens is 2. The molecule has 0 atom stereocenters. The second-order valence-corrected chi connectivity index (χ2v) is 8.71. The number of hydrogen-bond donors (Lipinski definition) is 1. The van der Waals surface area contributed by atoms with Crippen molar-refractivity contribution in [3.63, 3.8) is 0 Å². The summed E-state index contributed by atoms with van der Waals surface area (Å²) >= 11 is 13.3. The quantitative estimate of drug-likeness (QED) is 0.796. The molecule has 1 aromatic heterocycles. The number of nitrogens with one attached hydrogen (secondary N) is 1. The minimum atomic E-state index is -0.0986. The van der Waals surface area contributed by atoms with Crippen LogP contribution >= 0.6 is 34.5 Å². The van der Waals surface area contributed by atoms with Gasteiger partial charge in [-0.1, -0.05) is 53.5 Å². The van der Waals surface area contributed by atoms with Crippen LogP contribution in [0.15, 0.2) is 36.4 Å². The Morgan fingerprint density at radius 1 is 1.07 bits per heavy atom. The Morgan fingerprint density at radius 3 is 2.56 bits per heavy atom. The zero-order valence-electron chi connectivity index (χ0n) is 14.8. The number of nitrogens with zero attached hydrogens (tertiary/aromatic N) is 2. The molecule has 1 aliphatic heterocycles. The molecule has 27 heavy (non-hydrogen) atoms. The topological polar surface area (TPSA) is 52.7 Å². The fraction of sp³-hybridized carbons (Fsp3) is 0.368. The van der Waals surface area contributed by atoms with Crippen LogP contribution < -0.4 is 5.32 Å². The third-order valence-electron chi connectivity index (χ3n) is 4.46. The van der Waals surface area contributed by atoms with E-state index < -0.39 is 0 Å². The number of carbonyl (C=O) groups excluding carboxylic acids is 2. The van der Waals surface area contributed by atoms with Crippen molar-refractivity contribution in [1.29, 1.82) is 0 Å². The molecule has 0 unspecified atom stereocenters. The van der Waals surface area contributed by atoms with Crippen molar-refractivity contribution in [1.82, 2.24) is 15.1 Å². The molecule has 5 nitrogen and oxygen atoms in total. The van der Waals surface area contributed by atoms with E-state index in [9.17, 15) is 9.59 Å². The molecule has 0 saturated carbocycles. The van der Waals surface area contributed by atoms with Crippen molar-refractivity contribution in [3.05, 3.63) is 56.2 Å². The van der Waals surface area contributed by atoms with Gasteiger partial charge < -0.3 is 10.2 Å². The van der Waals surface area contributed by atoms with E-state index in [2.05, 4.69) is 10.2 Å². The molecule has 1 aromatic carbocycles. The Balaban J connectivity index is 1.48. The monoisotopic (exact) mass is 425 g/mol. The molecule has 1 N–H and O–H groups in total. The van der Waals surface area contributed by atoms with Crippen LogP contribution in [-0.2, 0) is 11.3 Å². The second-order valence-electron chi connectivity index (χ2n) is 6.42. The summed E-state index contributed by atoms with van der Waals surface area (Å²) < 4.78 is 0.932. The van der Waals surface area contributed by atoms with Crippen LogP contribution in [0.3, 0.4) is 0 Å². The second kappa shape index (κ2) is 9.55. The Morgan fingerprint density at radius 2 is 1.85 bits per heavy atom. The first-order chi connectivity index (χ1) is 13.0. The van der Waals surface area contributed by atoms with Gasteiger partial charge in [0.2, 0.25) is 5.91 Å². The molecule has 1 fully saturated rings. The molecule has 0 radical (unpaired) electrons. The Hall–Kier alpha value is -1.60. The number of rotatable bonds is 5. The third kappa shape index (κ3) is 5.69. The summed E-state index contributed by atoms with van der Waals surface area (Å²) in [5, 5.41) is 2.94. The Bertz CT molecular complexity index is 798. The molecular weight excluding hydrogens is 405 g/mol. The van der Waals surface area contributed by atoms with Gasteiger partial charge in [0.05, 0.1) is 16.4 Å². The predicted octanol–water partition coefficient (Wildman–Crippen LogP) is 3.52. The molecule has 2 aromatic rings. The van der Waals surface area contributed by atoms with Gasteiger partial charge in [0.1, 0.15) is 4.34 Å². The average Bonchev–Trinajstić information content (AvgIpc) is 2.85. The van der Waals surface area contributed by atoms with Gasteiger partial charge in [-0.25, -0.2) is 0 Å². The van der Waals surface area contributed by atoms with E-state index >= 15 is 0 Å². The van der Waals surface area contributed by atoms with E-state index in [1.54, 1.807) is 11.0 Å². The summed E-state index contributed by atoms with van der Waals surface area (Å²) in [6, 6.07) is 11.4. The maximum absolute atomic E-state index is 12.7. The summed E-state index contributed by atoms with van der Waals surface area (Å²) in [6.45, 7) is 3.50. The summed E-state index contributed by atoms with van der Waals surface area (Å²) in [4.78, 5) is 28.7. The molecule has 0 bridgehead atoms. The van der Waals surface area contributed by atoms with Crippen LogP contribution in [0.2, 0.25) is 8.67 Å². The lowest BCUT2D eigenvalue weighted by atomic mass is 10.2. The van der Waals surface area contributed by atoms with Crippen LogP contribution in [0.25, 0.3) is 0 Å². The minimum Gasteiger partial charge on any atom is -0.351 e. The van der Waals surface area contributed by atoms with E-state index in [1.165, 1.54) is 11.3 Å². The number of carbonyl (C=O) groups is 2. The lowest BCUT2D eigenvalue weighted by Crippen LogP contribution is -2.39. The van der Waals surface area contributed by atoms with Crippen molar-refractivity contribution >= 4 is 46.4 Å². The highest BCUT2D eigenvalue weighted by Gasteiger charge is 2.24. The molecule has 1 saturated heterocycles. The smallest absolute Gasteiger partial charge is 0.256 e. The van der Waals surface area contributed by atoms with Crippen LogP contribution in [0, 0.1) is 0 Å². The highest BCUT2D eigenvalue weighted by atomic mass is 35.5. The number of hydrogen-bond acceptors (Lipinski definition) is 4. The average molecular weight is 426 g/mol. The molecule has 8 heteroatoms. The van der Waals surface area contributed by atoms with E-state index in [1.807, 2.05) is 30.3 Å². The van der Waals surface area contributed by atoms with Crippen LogP contribution in [-0.4, -0.2) is 54.3 Å². The maximum Gasteiger partial charge on any atom is 0.256 e. The number of amides is 2. The van der Waals surface area contributed by atoms with Gasteiger partial charge in [0.15, 0.2) is 0 Å². The lowest BCUT2D eigenvalue weighted by molar-refractivity contribution is -0.122. The summed E-state index contributed by atoms with van der Waals surface area (Å²) in [5.41, 5.74) is 1.53. The Kier molecular flexibility index (Phi) is 7.13. The van der Waals surface area contributed by atoms with E-state index in [0.717, 1.165) is 18.5 Å². The van der Waals surface area contributed by atoms with Gasteiger partial charge in [0.25, 0.3) is 5.91 Å². The number of benzene rings is 1. The lowest BCUT2D eigenvalue weighted by Gasteiger charge is -2.21. The zero-order chi connectivity index (χ0) is 19.2. The standard InChI is InChI=1S/C19H21Cl2N3O2S/c20-16-11-15(18(21)27-16)19(26)24-8-4-7-23(9-10-24)13-17(25)22-12-14-5-2-1-3-6-14/h1-3,5-6,11H,4,7-10,12-13H2,(H,22,25). The molecule has 0 spiro atoms. The van der Waals surface area contributed by atoms with E-state index in [4.69, 9.17) is 23.2 Å². The summed E-state index contributed by atoms with van der Waals surface area (Å²) in [6.07, 6.45) is 0.813. The molecule has 2 heterocycles. The maximum atomic E-state index is 12.7. The molecule has 1 aliphatic rings. The van der Waals surface area contributed by atoms with Crippen LogP contribution in [0.1, 0.15) is 22.3 Å². The van der Waals surface area contributed by atoms with Gasteiger partial charge in [-0.2, -0.15) is 0 Å². The van der Waals surface area contributed by atoms with Crippen molar-refractivity contribution in [2.75, 3.05) is 32.7 Å². The molecule has 2 amide bonds. The molecule has 144 valence electrons. The highest BCUT2D eigenvalue weighted by Crippen LogP contribution is 2.32. The van der Waals surface area contributed by atoms with Crippen molar-refractivity contribution < 1.29 is 9.59 Å². The molecule has 0 aliphatic carbocycles. The number of thiophene rings is 1. The third-order valence-corrected chi connectivity index (χ3v) is 5.95. The SMILES string of the molecule is O=C(CN1CCCN(C(=O)c2cc(Cl)sc2Cl)CC1)NCc1ccccc1. The molecule has 3 rings (SSSR count). The summed E-state index contributed by atoms with van der Waals surface area (Å²) in [5.74, 6) is -0.107. The van der Waals surface area contributed by atoms with Gasteiger partial charge in [-0.3, -0.25) is 14.5 Å². The van der Waals surface area contributed by atoms with Gasteiger partial charge in [-0.05, 0) is 18.1 Å². The van der Waals surface area contributed by atoms with Crippen molar-refractivity contribution in [2.45, 2.75) is 13.0 Å². The van der Waals surface area contributed by atoms with Crippen LogP contribution in [0.4, 0.5) is 0 Å². The van der Waals surface area contributed by atoms with Gasteiger partial charge in [-0.15, -0.1) is 11.3 Å². The van der Waals surface area contributed by atoms with Crippen molar-refractivity contribution in [3.8, 4) is 0 Å². The zero-order valence-corrected chi connectivity index (χ0v) is 17.1. The fourth-order valence-electron chi connectivity index (χ4n) is 3.04. The first-order valence-electron chi connectivity index (χ1n) is 8.80. The summed E-state index contributed by atoms with van der Waals surface area (Å²) in [7, 11) is 0. The minimum absolute atomic E-state index is 0.00806. The Labute approximate surface area is 172 Å². The first kappa shape index (κ1) is 20.1. The molecular formula is C19H21Cl2N3O2S. The van der Waals surface area contributed by atoms with Crippen LogP contribution in [0.5, 0.6) is 0 Å². The normalized spacial score (nSPS) is 15.4. The largest absolute Gasteiger partial charge is 0.351 e.